The highest BCUT2D eigenvalue weighted by atomic mass is 35.5. The molecule has 1 aliphatic carbocycles. The smallest absolute Gasteiger partial charge is 0.409 e. The Morgan fingerprint density at radius 2 is 1.94 bits per heavy atom. The molecule has 0 spiro atoms. The van der Waals surface area contributed by atoms with E-state index in [1.807, 2.05) is 25.1 Å². The molecule has 4 rings (SSSR count). The maximum atomic E-state index is 14.1. The van der Waals surface area contributed by atoms with Gasteiger partial charge in [-0.05, 0) is 50.1 Å². The second-order valence-electron chi connectivity index (χ2n) is 13.7. The Bertz CT molecular complexity index is 1540. The predicted molar refractivity (Wildman–Crippen MR) is 189 cm³/mol. The standard InChI is InChI=1S/C36H49ClN2O10S/c1-19-10-9-11-28(46-8)36(44)18-27(47-34(43)38-36)21(3)32-35(5,49-32)29(48-33(42)22(4)39(6)30(41)12-13-50)17-25(40)20(2)24-15-23(14-19)16-26(45-7)31(24)37/h9-11,15-16,20-22,27-29,32,44,50H,12-14,17-18H2,1-8H3,(H,38,43)/b11-9+,19-10+/t20?,21-,22+,27+,28-,29+,32+,35+,36+/m1/s1. The van der Waals surface area contributed by atoms with Gasteiger partial charge in [0.25, 0.3) is 0 Å². The van der Waals surface area contributed by atoms with E-state index in [1.165, 1.54) is 26.2 Å². The van der Waals surface area contributed by atoms with Gasteiger partial charge in [-0.3, -0.25) is 14.9 Å². The van der Waals surface area contributed by atoms with E-state index in [2.05, 4.69) is 17.9 Å². The number of Topliss-reactive ketones (excluding diaryl/α,β-unsaturated/α-hetero) is 1. The maximum Gasteiger partial charge on any atom is 0.409 e. The summed E-state index contributed by atoms with van der Waals surface area (Å²) in [6, 6.07) is 2.72. The highest BCUT2D eigenvalue weighted by Gasteiger charge is 2.64. The van der Waals surface area contributed by atoms with Crippen molar-refractivity contribution < 1.29 is 48.0 Å². The van der Waals surface area contributed by atoms with Gasteiger partial charge in [-0.15, -0.1) is 0 Å². The lowest BCUT2D eigenvalue weighted by molar-refractivity contribution is -0.162. The lowest BCUT2D eigenvalue weighted by Gasteiger charge is -2.42. The molecule has 1 unspecified atom stereocenters. The number of fused-ring (bicyclic) bond motifs is 5. The van der Waals surface area contributed by atoms with Gasteiger partial charge in [-0.2, -0.15) is 12.6 Å². The summed E-state index contributed by atoms with van der Waals surface area (Å²) in [7, 11) is 4.44. The van der Waals surface area contributed by atoms with E-state index >= 15 is 0 Å². The first-order valence-electron chi connectivity index (χ1n) is 16.7. The van der Waals surface area contributed by atoms with E-state index in [-0.39, 0.29) is 31.0 Å². The first-order chi connectivity index (χ1) is 23.5. The van der Waals surface area contributed by atoms with E-state index < -0.39 is 65.7 Å². The fourth-order valence-corrected chi connectivity index (χ4v) is 7.25. The van der Waals surface area contributed by atoms with Gasteiger partial charge in [-0.1, -0.05) is 55.3 Å². The second kappa shape index (κ2) is 16.1. The van der Waals surface area contributed by atoms with Crippen molar-refractivity contribution in [2.75, 3.05) is 27.0 Å². The number of ketones is 1. The molecule has 0 saturated carbocycles. The Labute approximate surface area is 304 Å². The van der Waals surface area contributed by atoms with E-state index in [9.17, 15) is 24.3 Å². The summed E-state index contributed by atoms with van der Waals surface area (Å²) in [5, 5.41) is 14.5. The summed E-state index contributed by atoms with van der Waals surface area (Å²) < 4.78 is 29.1. The summed E-state index contributed by atoms with van der Waals surface area (Å²) in [5.41, 5.74) is -0.643. The molecule has 1 aromatic carbocycles. The number of esters is 1. The number of likely N-dealkylation sites (N-methyl/N-ethyl adjacent to an activating group) is 1. The first-order valence-corrected chi connectivity index (χ1v) is 17.7. The second-order valence-corrected chi connectivity index (χ2v) is 14.5. The molecule has 2 heterocycles. The fourth-order valence-electron chi connectivity index (χ4n) is 6.70. The fraction of sp³-hybridized carbons (Fsp3) is 0.611. The van der Waals surface area contributed by atoms with Gasteiger partial charge in [0.1, 0.15) is 41.5 Å². The molecule has 2 N–H and O–H groups in total. The Hall–Kier alpha value is -3.10. The number of rotatable bonds is 7. The van der Waals surface area contributed by atoms with Crippen molar-refractivity contribution >= 4 is 48.0 Å². The van der Waals surface area contributed by atoms with Gasteiger partial charge in [-0.25, -0.2) is 9.59 Å². The van der Waals surface area contributed by atoms with Gasteiger partial charge in [0, 0.05) is 45.3 Å². The number of carbonyl (C=O) groups excluding carboxylic acids is 4. The van der Waals surface area contributed by atoms with E-state index in [0.29, 0.717) is 28.5 Å². The van der Waals surface area contributed by atoms with Crippen LogP contribution in [0.5, 0.6) is 5.75 Å². The average Bonchev–Trinajstić information content (AvgIpc) is 3.76. The maximum absolute atomic E-state index is 14.1. The Balaban J connectivity index is 1.78. The lowest BCUT2D eigenvalue weighted by atomic mass is 9.82. The number of epoxide rings is 1. The zero-order valence-electron chi connectivity index (χ0n) is 29.9. The third-order valence-corrected chi connectivity index (χ3v) is 10.8. The normalized spacial score (nSPS) is 33.8. The minimum Gasteiger partial charge on any atom is -0.495 e. The lowest BCUT2D eigenvalue weighted by Crippen LogP contribution is -2.63. The Morgan fingerprint density at radius 1 is 1.24 bits per heavy atom. The summed E-state index contributed by atoms with van der Waals surface area (Å²) in [6.07, 6.45) is 1.32. The summed E-state index contributed by atoms with van der Waals surface area (Å²) >= 11 is 10.9. The number of halogens is 1. The van der Waals surface area contributed by atoms with Crippen LogP contribution in [0.1, 0.15) is 70.9 Å². The highest BCUT2D eigenvalue weighted by Crippen LogP contribution is 2.49. The van der Waals surface area contributed by atoms with Crippen molar-refractivity contribution in [2.24, 2.45) is 5.92 Å². The van der Waals surface area contributed by atoms with Crippen LogP contribution in [0.4, 0.5) is 4.79 Å². The monoisotopic (exact) mass is 736 g/mol. The van der Waals surface area contributed by atoms with Crippen LogP contribution in [0.3, 0.4) is 0 Å². The van der Waals surface area contributed by atoms with E-state index in [0.717, 1.165) is 11.1 Å². The molecule has 2 amide bonds. The van der Waals surface area contributed by atoms with Gasteiger partial charge in [0.05, 0.1) is 18.2 Å². The van der Waals surface area contributed by atoms with Crippen LogP contribution in [-0.4, -0.2) is 103 Å². The number of allylic oxidation sites excluding steroid dienone is 3. The van der Waals surface area contributed by atoms with Crippen LogP contribution in [0.2, 0.25) is 5.02 Å². The number of methoxy groups -OCH3 is 2. The predicted octanol–water partition coefficient (Wildman–Crippen LogP) is 4.54. The molecule has 1 aromatic rings. The average molecular weight is 737 g/mol. The van der Waals surface area contributed by atoms with Crippen LogP contribution in [0, 0.1) is 5.92 Å². The zero-order valence-corrected chi connectivity index (χ0v) is 31.5. The third kappa shape index (κ3) is 8.50. The molecule has 2 aliphatic heterocycles. The molecule has 0 radical (unpaired) electrons. The van der Waals surface area contributed by atoms with Gasteiger partial charge in [0.2, 0.25) is 5.91 Å². The number of amides is 2. The molecule has 0 aromatic heterocycles. The van der Waals surface area contributed by atoms with E-state index in [4.69, 9.17) is 35.3 Å². The zero-order chi connectivity index (χ0) is 37.1. The number of benzene rings is 1. The number of carbonyl (C=O) groups is 4. The van der Waals surface area contributed by atoms with Crippen molar-refractivity contribution in [3.8, 4) is 5.75 Å². The Morgan fingerprint density at radius 3 is 2.58 bits per heavy atom. The SMILES string of the molecule is COc1cc2cc(c1Cl)C(C)C(=O)C[C@H](OC(=O)[C@H](C)N(C)C(=O)CCS)[C@]1(C)O[C@H]1[C@H](C)[C@@H]1C[C@@](O)(NC(=O)O1)[C@H](OC)/C=C/C=C(\C)C2. The number of nitrogens with zero attached hydrogens (tertiary/aromatic N) is 1. The molecule has 12 nitrogen and oxygen atoms in total. The molecule has 50 heavy (non-hydrogen) atoms. The molecule has 14 heteroatoms. The van der Waals surface area contributed by atoms with E-state index in [1.54, 1.807) is 39.8 Å². The third-order valence-electron chi connectivity index (χ3n) is 10.1. The molecule has 3 aliphatic rings. The van der Waals surface area contributed by atoms with Crippen LogP contribution in [0.25, 0.3) is 0 Å². The number of thiol groups is 1. The molecule has 4 bridgehead atoms. The quantitative estimate of drug-likeness (QED) is 0.207. The number of ether oxygens (including phenoxy) is 5. The first kappa shape index (κ1) is 39.7. The van der Waals surface area contributed by atoms with Crippen molar-refractivity contribution in [2.45, 2.75) is 108 Å². The largest absolute Gasteiger partial charge is 0.495 e. The highest BCUT2D eigenvalue weighted by molar-refractivity contribution is 7.80. The van der Waals surface area contributed by atoms with Gasteiger partial charge >= 0.3 is 12.1 Å². The van der Waals surface area contributed by atoms with Gasteiger partial charge in [0.15, 0.2) is 5.72 Å². The molecule has 276 valence electrons. The van der Waals surface area contributed by atoms with Crippen LogP contribution >= 0.6 is 24.2 Å². The number of alkyl carbamates (subject to hydrolysis) is 1. The van der Waals surface area contributed by atoms with Crippen LogP contribution < -0.4 is 10.1 Å². The van der Waals surface area contributed by atoms with Crippen molar-refractivity contribution in [3.63, 3.8) is 0 Å². The summed E-state index contributed by atoms with van der Waals surface area (Å²) in [6.45, 7) is 8.76. The van der Waals surface area contributed by atoms with Crippen molar-refractivity contribution in [3.05, 3.63) is 52.1 Å². The molecular weight excluding hydrogens is 688 g/mol. The van der Waals surface area contributed by atoms with Crippen molar-refractivity contribution in [1.29, 1.82) is 0 Å². The number of aliphatic hydroxyl groups is 1. The topological polar surface area (TPSA) is 153 Å². The number of hydrogen-bond donors (Lipinski definition) is 3. The van der Waals surface area contributed by atoms with Crippen molar-refractivity contribution in [1.82, 2.24) is 10.2 Å². The minimum atomic E-state index is -1.81. The molecule has 2 fully saturated rings. The van der Waals surface area contributed by atoms with Crippen LogP contribution in [0.15, 0.2) is 35.9 Å². The molecular formula is C36H49ClN2O10S. The molecule has 9 atom stereocenters. The molecule has 2 saturated heterocycles. The van der Waals surface area contributed by atoms with Gasteiger partial charge < -0.3 is 33.7 Å². The summed E-state index contributed by atoms with van der Waals surface area (Å²) in [5.74, 6) is -1.77. The summed E-state index contributed by atoms with van der Waals surface area (Å²) in [4.78, 5) is 54.3. The number of hydrogen-bond acceptors (Lipinski definition) is 11. The Kier molecular flexibility index (Phi) is 12.7. The number of nitrogens with one attached hydrogen (secondary N) is 1. The van der Waals surface area contributed by atoms with Crippen LogP contribution in [-0.2, 0) is 39.8 Å². The minimum absolute atomic E-state index is 0.0407.